The number of pyridine rings is 1. The van der Waals surface area contributed by atoms with Crippen molar-refractivity contribution < 1.29 is 14.3 Å². The summed E-state index contributed by atoms with van der Waals surface area (Å²) in [5.74, 6) is 0.409. The molecule has 110 valence electrons. The monoisotopic (exact) mass is 288 g/mol. The molecule has 7 heteroatoms. The lowest BCUT2D eigenvalue weighted by molar-refractivity contribution is -0.00393. The van der Waals surface area contributed by atoms with Gasteiger partial charge in [0.25, 0.3) is 5.91 Å². The first kappa shape index (κ1) is 13.6. The van der Waals surface area contributed by atoms with Gasteiger partial charge in [0, 0.05) is 25.0 Å². The molecule has 0 bridgehead atoms. The molecule has 0 aliphatic carbocycles. The van der Waals surface area contributed by atoms with E-state index in [1.807, 2.05) is 6.07 Å². The van der Waals surface area contributed by atoms with Crippen molar-refractivity contribution in [3.05, 3.63) is 41.9 Å². The van der Waals surface area contributed by atoms with Crippen LogP contribution in [0.4, 0.5) is 0 Å². The van der Waals surface area contributed by atoms with Gasteiger partial charge in [-0.15, -0.1) is 0 Å². The van der Waals surface area contributed by atoms with Gasteiger partial charge in [0.2, 0.25) is 5.88 Å². The number of aromatic nitrogens is 3. The van der Waals surface area contributed by atoms with Crippen molar-refractivity contribution in [2.75, 3.05) is 26.9 Å². The third-order valence-electron chi connectivity index (χ3n) is 3.46. The number of hydrogen-bond donors (Lipinski definition) is 1. The Kier molecular flexibility index (Phi) is 3.83. The smallest absolute Gasteiger partial charge is 0.256 e. The number of carbonyl (C=O) groups is 1. The fraction of sp³-hybridized carbons (Fsp3) is 0.357. The summed E-state index contributed by atoms with van der Waals surface area (Å²) in [4.78, 5) is 18.5. The molecular formula is C14H16N4O3. The molecule has 7 nitrogen and oxygen atoms in total. The second kappa shape index (κ2) is 5.92. The SMILES string of the molecule is COc1ccc(C(=O)N2CCOCC2c2ccn[nH]2)cn1. The number of morpholine rings is 1. The normalized spacial score (nSPS) is 18.5. The van der Waals surface area contributed by atoms with Gasteiger partial charge in [0.05, 0.1) is 37.6 Å². The largest absolute Gasteiger partial charge is 0.481 e. The Morgan fingerprint density at radius 2 is 2.38 bits per heavy atom. The lowest BCUT2D eigenvalue weighted by atomic mass is 10.1. The van der Waals surface area contributed by atoms with Crippen LogP contribution in [-0.4, -0.2) is 52.9 Å². The summed E-state index contributed by atoms with van der Waals surface area (Å²) < 4.78 is 10.5. The number of rotatable bonds is 3. The van der Waals surface area contributed by atoms with E-state index >= 15 is 0 Å². The van der Waals surface area contributed by atoms with E-state index in [2.05, 4.69) is 15.2 Å². The van der Waals surface area contributed by atoms with Crippen molar-refractivity contribution in [2.24, 2.45) is 0 Å². The number of carbonyl (C=O) groups excluding carboxylic acids is 1. The number of methoxy groups -OCH3 is 1. The zero-order valence-electron chi connectivity index (χ0n) is 11.7. The van der Waals surface area contributed by atoms with Crippen LogP contribution in [0.3, 0.4) is 0 Å². The van der Waals surface area contributed by atoms with Crippen LogP contribution < -0.4 is 4.74 Å². The molecule has 2 aromatic heterocycles. The van der Waals surface area contributed by atoms with Crippen LogP contribution in [-0.2, 0) is 4.74 Å². The molecule has 1 unspecified atom stereocenters. The van der Waals surface area contributed by atoms with Crippen molar-refractivity contribution in [2.45, 2.75) is 6.04 Å². The molecule has 1 atom stereocenters. The predicted octanol–water partition coefficient (Wildman–Crippen LogP) is 1.03. The van der Waals surface area contributed by atoms with E-state index in [0.717, 1.165) is 5.69 Å². The van der Waals surface area contributed by atoms with Gasteiger partial charge in [-0.05, 0) is 12.1 Å². The number of ether oxygens (including phenoxy) is 2. The van der Waals surface area contributed by atoms with E-state index in [-0.39, 0.29) is 11.9 Å². The van der Waals surface area contributed by atoms with Crippen molar-refractivity contribution >= 4 is 5.91 Å². The summed E-state index contributed by atoms with van der Waals surface area (Å²) in [5.41, 5.74) is 1.40. The van der Waals surface area contributed by atoms with Gasteiger partial charge >= 0.3 is 0 Å². The molecule has 1 aliphatic heterocycles. The fourth-order valence-corrected chi connectivity index (χ4v) is 2.35. The molecule has 0 aromatic carbocycles. The number of nitrogens with zero attached hydrogens (tertiary/aromatic N) is 3. The quantitative estimate of drug-likeness (QED) is 0.912. The minimum absolute atomic E-state index is 0.0759. The van der Waals surface area contributed by atoms with Gasteiger partial charge in [-0.1, -0.05) is 0 Å². The van der Waals surface area contributed by atoms with Crippen LogP contribution in [0, 0.1) is 0 Å². The first-order chi connectivity index (χ1) is 10.3. The van der Waals surface area contributed by atoms with Gasteiger partial charge in [-0.2, -0.15) is 5.10 Å². The highest BCUT2D eigenvalue weighted by Gasteiger charge is 2.30. The standard InChI is InChI=1S/C14H16N4O3/c1-20-13-3-2-10(8-15-13)14(19)18-6-7-21-9-12(18)11-4-5-16-17-11/h2-5,8,12H,6-7,9H2,1H3,(H,16,17). The molecular weight excluding hydrogens is 272 g/mol. The molecule has 21 heavy (non-hydrogen) atoms. The first-order valence-electron chi connectivity index (χ1n) is 6.67. The highest BCUT2D eigenvalue weighted by Crippen LogP contribution is 2.24. The number of hydrogen-bond acceptors (Lipinski definition) is 5. The molecule has 3 heterocycles. The minimum atomic E-state index is -0.157. The van der Waals surface area contributed by atoms with E-state index in [1.165, 1.54) is 6.20 Å². The molecule has 1 fully saturated rings. The summed E-state index contributed by atoms with van der Waals surface area (Å²) in [7, 11) is 1.54. The minimum Gasteiger partial charge on any atom is -0.481 e. The first-order valence-corrected chi connectivity index (χ1v) is 6.67. The van der Waals surface area contributed by atoms with Crippen molar-refractivity contribution in [3.8, 4) is 5.88 Å². The van der Waals surface area contributed by atoms with Gasteiger partial charge in [0.1, 0.15) is 0 Å². The second-order valence-electron chi connectivity index (χ2n) is 4.69. The molecule has 2 aromatic rings. The third-order valence-corrected chi connectivity index (χ3v) is 3.46. The summed E-state index contributed by atoms with van der Waals surface area (Å²) in [6.07, 6.45) is 3.20. The maximum absolute atomic E-state index is 12.7. The average Bonchev–Trinajstić information content (AvgIpc) is 3.08. The average molecular weight is 288 g/mol. The Hall–Kier alpha value is -2.41. The highest BCUT2D eigenvalue weighted by atomic mass is 16.5. The van der Waals surface area contributed by atoms with Crippen molar-refractivity contribution in [1.82, 2.24) is 20.1 Å². The van der Waals surface area contributed by atoms with Crippen LogP contribution in [0.1, 0.15) is 22.1 Å². The molecule has 1 aliphatic rings. The maximum atomic E-state index is 12.7. The molecule has 1 saturated heterocycles. The highest BCUT2D eigenvalue weighted by molar-refractivity contribution is 5.94. The van der Waals surface area contributed by atoms with E-state index in [4.69, 9.17) is 9.47 Å². The Bertz CT molecular complexity index is 597. The van der Waals surface area contributed by atoms with Gasteiger partial charge in [-0.25, -0.2) is 4.98 Å². The zero-order chi connectivity index (χ0) is 14.7. The Labute approximate surface area is 121 Å². The number of aromatic amines is 1. The predicted molar refractivity (Wildman–Crippen MR) is 74.0 cm³/mol. The van der Waals surface area contributed by atoms with Crippen LogP contribution >= 0.6 is 0 Å². The number of amides is 1. The van der Waals surface area contributed by atoms with Crippen LogP contribution in [0.5, 0.6) is 5.88 Å². The zero-order valence-corrected chi connectivity index (χ0v) is 11.7. The van der Waals surface area contributed by atoms with E-state index in [0.29, 0.717) is 31.2 Å². The van der Waals surface area contributed by atoms with Gasteiger partial charge in [-0.3, -0.25) is 9.89 Å². The molecule has 1 amide bonds. The molecule has 3 rings (SSSR count). The molecule has 0 saturated carbocycles. The van der Waals surface area contributed by atoms with Crippen LogP contribution in [0.25, 0.3) is 0 Å². The Morgan fingerprint density at radius 1 is 1.48 bits per heavy atom. The maximum Gasteiger partial charge on any atom is 0.256 e. The molecule has 0 radical (unpaired) electrons. The van der Waals surface area contributed by atoms with Gasteiger partial charge in [0.15, 0.2) is 0 Å². The summed E-state index contributed by atoms with van der Waals surface area (Å²) in [6.45, 7) is 1.52. The lowest BCUT2D eigenvalue weighted by Gasteiger charge is -2.34. The Balaban J connectivity index is 1.83. The van der Waals surface area contributed by atoms with E-state index in [1.54, 1.807) is 30.3 Å². The van der Waals surface area contributed by atoms with E-state index in [9.17, 15) is 4.79 Å². The second-order valence-corrected chi connectivity index (χ2v) is 4.69. The number of nitrogens with one attached hydrogen (secondary N) is 1. The summed E-state index contributed by atoms with van der Waals surface area (Å²) in [6, 6.07) is 5.09. The summed E-state index contributed by atoms with van der Waals surface area (Å²) >= 11 is 0. The summed E-state index contributed by atoms with van der Waals surface area (Å²) in [5, 5.41) is 6.84. The van der Waals surface area contributed by atoms with Crippen molar-refractivity contribution in [3.63, 3.8) is 0 Å². The van der Waals surface area contributed by atoms with Crippen LogP contribution in [0.15, 0.2) is 30.6 Å². The molecule has 0 spiro atoms. The Morgan fingerprint density at radius 3 is 3.05 bits per heavy atom. The topological polar surface area (TPSA) is 80.3 Å². The number of H-pyrrole nitrogens is 1. The van der Waals surface area contributed by atoms with E-state index < -0.39 is 0 Å². The van der Waals surface area contributed by atoms with Gasteiger partial charge < -0.3 is 14.4 Å². The third kappa shape index (κ3) is 2.73. The van der Waals surface area contributed by atoms with Crippen LogP contribution in [0.2, 0.25) is 0 Å². The molecule has 1 N–H and O–H groups in total. The van der Waals surface area contributed by atoms with Crippen molar-refractivity contribution in [1.29, 1.82) is 0 Å². The lowest BCUT2D eigenvalue weighted by Crippen LogP contribution is -2.43. The fourth-order valence-electron chi connectivity index (χ4n) is 2.35.